The fourth-order valence-electron chi connectivity index (χ4n) is 2.04. The number of rotatable bonds is 5. The van der Waals surface area contributed by atoms with E-state index in [9.17, 15) is 9.90 Å². The molecule has 4 nitrogen and oxygen atoms in total. The average Bonchev–Trinajstić information content (AvgIpc) is 2.95. The minimum absolute atomic E-state index is 0.0951. The number of carbonyl (C=O) groups excluding carboxylic acids is 1. The number of hydrogen-bond donors (Lipinski definition) is 2. The Morgan fingerprint density at radius 1 is 1.50 bits per heavy atom. The monoisotopic (exact) mass is 226 g/mol. The summed E-state index contributed by atoms with van der Waals surface area (Å²) >= 11 is 0. The van der Waals surface area contributed by atoms with Crippen LogP contribution in [0.25, 0.3) is 0 Å². The Morgan fingerprint density at radius 2 is 2.12 bits per heavy atom. The van der Waals surface area contributed by atoms with E-state index in [1.54, 1.807) is 0 Å². The summed E-state index contributed by atoms with van der Waals surface area (Å²) in [7, 11) is 0. The fourth-order valence-corrected chi connectivity index (χ4v) is 2.04. The van der Waals surface area contributed by atoms with E-state index < -0.39 is 5.60 Å². The molecule has 0 aromatic rings. The molecular formula is C12H22N2O2. The lowest BCUT2D eigenvalue weighted by Gasteiger charge is -2.48. The van der Waals surface area contributed by atoms with Gasteiger partial charge in [0.05, 0.1) is 12.1 Å². The van der Waals surface area contributed by atoms with Crippen molar-refractivity contribution >= 4 is 5.91 Å². The molecule has 0 bridgehead atoms. The molecule has 2 rings (SSSR count). The number of carbonyl (C=O) groups is 1. The molecule has 0 radical (unpaired) electrons. The van der Waals surface area contributed by atoms with Crippen molar-refractivity contribution in [1.82, 2.24) is 10.2 Å². The van der Waals surface area contributed by atoms with Crippen LogP contribution in [0.1, 0.15) is 26.7 Å². The third-order valence-corrected chi connectivity index (χ3v) is 3.72. The van der Waals surface area contributed by atoms with Gasteiger partial charge in [-0.1, -0.05) is 13.8 Å². The summed E-state index contributed by atoms with van der Waals surface area (Å²) in [6, 6.07) is 0. The first-order valence-electron chi connectivity index (χ1n) is 6.21. The van der Waals surface area contributed by atoms with Crippen molar-refractivity contribution in [3.63, 3.8) is 0 Å². The van der Waals surface area contributed by atoms with Crippen LogP contribution in [-0.2, 0) is 4.79 Å². The summed E-state index contributed by atoms with van der Waals surface area (Å²) in [4.78, 5) is 13.5. The van der Waals surface area contributed by atoms with Gasteiger partial charge < -0.3 is 10.4 Å². The van der Waals surface area contributed by atoms with Gasteiger partial charge in [-0.05, 0) is 24.7 Å². The van der Waals surface area contributed by atoms with Crippen LogP contribution in [0.3, 0.4) is 0 Å². The van der Waals surface area contributed by atoms with E-state index in [0.29, 0.717) is 19.6 Å². The highest BCUT2D eigenvalue weighted by atomic mass is 16.3. The molecule has 0 spiro atoms. The molecule has 92 valence electrons. The zero-order valence-electron chi connectivity index (χ0n) is 10.2. The van der Waals surface area contributed by atoms with Gasteiger partial charge in [0.2, 0.25) is 5.91 Å². The first kappa shape index (κ1) is 11.9. The lowest BCUT2D eigenvalue weighted by molar-refractivity contribution is -0.142. The zero-order chi connectivity index (χ0) is 11.8. The fraction of sp³-hybridized carbons (Fsp3) is 0.917. The molecule has 1 amide bonds. The van der Waals surface area contributed by atoms with E-state index in [4.69, 9.17) is 0 Å². The molecule has 2 aliphatic rings. The number of aliphatic hydroxyl groups is 1. The maximum atomic E-state index is 11.5. The van der Waals surface area contributed by atoms with E-state index >= 15 is 0 Å². The summed E-state index contributed by atoms with van der Waals surface area (Å²) in [5, 5.41) is 13.0. The molecule has 2 N–H and O–H groups in total. The molecule has 1 aliphatic heterocycles. The van der Waals surface area contributed by atoms with E-state index in [-0.39, 0.29) is 11.8 Å². The third kappa shape index (κ3) is 2.74. The largest absolute Gasteiger partial charge is 0.387 e. The second-order valence-electron chi connectivity index (χ2n) is 5.65. The molecule has 0 unspecified atom stereocenters. The Bertz CT molecular complexity index is 268. The van der Waals surface area contributed by atoms with Gasteiger partial charge in [0, 0.05) is 19.6 Å². The maximum Gasteiger partial charge on any atom is 0.234 e. The predicted octanol–water partition coefficient (Wildman–Crippen LogP) is 0.215. The second-order valence-corrected chi connectivity index (χ2v) is 5.65. The van der Waals surface area contributed by atoms with Crippen molar-refractivity contribution in [2.24, 2.45) is 11.8 Å². The average molecular weight is 226 g/mol. The van der Waals surface area contributed by atoms with Crippen molar-refractivity contribution in [3.05, 3.63) is 0 Å². The number of hydrogen-bond acceptors (Lipinski definition) is 3. The Hall–Kier alpha value is -0.610. The van der Waals surface area contributed by atoms with E-state index in [2.05, 4.69) is 5.32 Å². The molecule has 0 atom stereocenters. The number of nitrogens with one attached hydrogen (secondary N) is 1. The van der Waals surface area contributed by atoms with Crippen molar-refractivity contribution in [3.8, 4) is 0 Å². The van der Waals surface area contributed by atoms with Crippen molar-refractivity contribution in [2.75, 3.05) is 26.2 Å². The highest BCUT2D eigenvalue weighted by molar-refractivity contribution is 5.78. The Labute approximate surface area is 97.0 Å². The molecule has 4 heteroatoms. The smallest absolute Gasteiger partial charge is 0.234 e. The van der Waals surface area contributed by atoms with Gasteiger partial charge in [-0.15, -0.1) is 0 Å². The minimum Gasteiger partial charge on any atom is -0.387 e. The van der Waals surface area contributed by atoms with Gasteiger partial charge in [0.15, 0.2) is 0 Å². The van der Waals surface area contributed by atoms with Crippen molar-refractivity contribution in [2.45, 2.75) is 32.3 Å². The predicted molar refractivity (Wildman–Crippen MR) is 62.0 cm³/mol. The van der Waals surface area contributed by atoms with Crippen molar-refractivity contribution in [1.29, 1.82) is 0 Å². The number of amides is 1. The second kappa shape index (κ2) is 4.34. The van der Waals surface area contributed by atoms with Crippen molar-refractivity contribution < 1.29 is 9.90 Å². The maximum absolute atomic E-state index is 11.5. The first-order chi connectivity index (χ1) is 7.49. The third-order valence-electron chi connectivity index (χ3n) is 3.72. The SMILES string of the molecule is CC(C)C1(O)CN(CC(=O)NCC2CC2)C1. The Kier molecular flexibility index (Phi) is 3.22. The summed E-state index contributed by atoms with van der Waals surface area (Å²) < 4.78 is 0. The van der Waals surface area contributed by atoms with Gasteiger partial charge >= 0.3 is 0 Å². The lowest BCUT2D eigenvalue weighted by Crippen LogP contribution is -2.65. The molecule has 1 heterocycles. The van der Waals surface area contributed by atoms with Crippen LogP contribution in [0.2, 0.25) is 0 Å². The molecule has 0 aromatic heterocycles. The van der Waals surface area contributed by atoms with E-state index in [1.165, 1.54) is 12.8 Å². The summed E-state index contributed by atoms with van der Waals surface area (Å²) in [5.74, 6) is 1.09. The van der Waals surface area contributed by atoms with Crippen LogP contribution < -0.4 is 5.32 Å². The van der Waals surface area contributed by atoms with Gasteiger partial charge in [-0.3, -0.25) is 9.69 Å². The van der Waals surface area contributed by atoms with Gasteiger partial charge in [-0.2, -0.15) is 0 Å². The molecule has 16 heavy (non-hydrogen) atoms. The van der Waals surface area contributed by atoms with Gasteiger partial charge in [-0.25, -0.2) is 0 Å². The molecule has 0 aromatic carbocycles. The summed E-state index contributed by atoms with van der Waals surface area (Å²) in [5.41, 5.74) is -0.573. The Morgan fingerprint density at radius 3 is 2.62 bits per heavy atom. The van der Waals surface area contributed by atoms with Crippen LogP contribution >= 0.6 is 0 Å². The van der Waals surface area contributed by atoms with Crippen LogP contribution in [0.5, 0.6) is 0 Å². The summed E-state index contributed by atoms with van der Waals surface area (Å²) in [6.45, 7) is 6.56. The standard InChI is InChI=1S/C12H22N2O2/c1-9(2)12(16)7-14(8-12)6-11(15)13-5-10-3-4-10/h9-10,16H,3-8H2,1-2H3,(H,13,15). The molecular weight excluding hydrogens is 204 g/mol. The van der Waals surface area contributed by atoms with Gasteiger partial charge in [0.1, 0.15) is 0 Å². The van der Waals surface area contributed by atoms with Crippen LogP contribution in [0.4, 0.5) is 0 Å². The van der Waals surface area contributed by atoms with E-state index in [1.807, 2.05) is 18.7 Å². The normalized spacial score (nSPS) is 24.2. The van der Waals surface area contributed by atoms with Gasteiger partial charge in [0.25, 0.3) is 0 Å². The number of nitrogens with zero attached hydrogens (tertiary/aromatic N) is 1. The lowest BCUT2D eigenvalue weighted by atomic mass is 9.83. The quantitative estimate of drug-likeness (QED) is 0.705. The Balaban J connectivity index is 1.62. The number of likely N-dealkylation sites (tertiary alicyclic amines) is 1. The molecule has 1 saturated heterocycles. The summed E-state index contributed by atoms with van der Waals surface area (Å²) in [6.07, 6.45) is 2.52. The highest BCUT2D eigenvalue weighted by Gasteiger charge is 2.43. The zero-order valence-corrected chi connectivity index (χ0v) is 10.2. The molecule has 1 saturated carbocycles. The highest BCUT2D eigenvalue weighted by Crippen LogP contribution is 2.29. The van der Waals surface area contributed by atoms with Crippen LogP contribution in [0.15, 0.2) is 0 Å². The van der Waals surface area contributed by atoms with Crippen LogP contribution in [-0.4, -0.2) is 47.7 Å². The minimum atomic E-state index is -0.573. The number of β-amino-alcohol motifs (C(OH)–C–C–N with tert-alkyl or cyclic N) is 1. The van der Waals surface area contributed by atoms with Crippen LogP contribution in [0, 0.1) is 11.8 Å². The van der Waals surface area contributed by atoms with E-state index in [0.717, 1.165) is 12.5 Å². The molecule has 2 fully saturated rings. The molecule has 1 aliphatic carbocycles. The topological polar surface area (TPSA) is 52.6 Å². The first-order valence-corrected chi connectivity index (χ1v) is 6.21.